The van der Waals surface area contributed by atoms with Crippen LogP contribution in [0.1, 0.15) is 37.4 Å². The molecule has 1 aliphatic heterocycles. The molecule has 2 atom stereocenters. The van der Waals surface area contributed by atoms with Crippen LogP contribution in [-0.2, 0) is 13.0 Å². The van der Waals surface area contributed by atoms with Crippen LogP contribution < -0.4 is 5.32 Å². The number of piperazine rings is 1. The van der Waals surface area contributed by atoms with E-state index in [1.807, 2.05) is 11.3 Å². The lowest BCUT2D eigenvalue weighted by molar-refractivity contribution is 0.0966. The van der Waals surface area contributed by atoms with Gasteiger partial charge in [0.2, 0.25) is 0 Å². The summed E-state index contributed by atoms with van der Waals surface area (Å²) in [6.07, 6.45) is 1.16. The van der Waals surface area contributed by atoms with Crippen LogP contribution in [0.3, 0.4) is 0 Å². The van der Waals surface area contributed by atoms with Crippen LogP contribution in [0.4, 0.5) is 0 Å². The molecule has 2 rings (SSSR count). The predicted octanol–water partition coefficient (Wildman–Crippen LogP) is 3.13. The van der Waals surface area contributed by atoms with Crippen molar-refractivity contribution < 1.29 is 0 Å². The van der Waals surface area contributed by atoms with Gasteiger partial charge in [-0.15, -0.1) is 11.3 Å². The van der Waals surface area contributed by atoms with E-state index in [-0.39, 0.29) is 0 Å². The number of thiophene rings is 1. The summed E-state index contributed by atoms with van der Waals surface area (Å²) in [5.74, 6) is 0.718. The first-order valence-corrected chi connectivity index (χ1v) is 7.96. The Balaban J connectivity index is 2.03. The molecule has 2 heterocycles. The number of nitrogens with one attached hydrogen (secondary N) is 1. The van der Waals surface area contributed by atoms with Gasteiger partial charge < -0.3 is 5.32 Å². The molecule has 1 fully saturated rings. The molecule has 0 saturated carbocycles. The molecular formula is C15H26N2S. The highest BCUT2D eigenvalue weighted by atomic mass is 32.1. The Labute approximate surface area is 115 Å². The van der Waals surface area contributed by atoms with Gasteiger partial charge in [-0.05, 0) is 31.4 Å². The van der Waals surface area contributed by atoms with Crippen LogP contribution in [0.5, 0.6) is 0 Å². The molecule has 0 amide bonds. The molecule has 0 radical (unpaired) electrons. The van der Waals surface area contributed by atoms with E-state index in [0.717, 1.165) is 25.4 Å². The number of hydrogen-bond acceptors (Lipinski definition) is 3. The maximum absolute atomic E-state index is 3.61. The molecule has 0 spiro atoms. The Bertz CT molecular complexity index is 372. The molecule has 0 aliphatic carbocycles. The number of nitrogens with zero attached hydrogens (tertiary/aromatic N) is 1. The summed E-state index contributed by atoms with van der Waals surface area (Å²) in [7, 11) is 0. The van der Waals surface area contributed by atoms with Crippen molar-refractivity contribution in [3.63, 3.8) is 0 Å². The van der Waals surface area contributed by atoms with Crippen molar-refractivity contribution >= 4 is 11.3 Å². The second-order valence-electron chi connectivity index (χ2n) is 5.77. The van der Waals surface area contributed by atoms with Gasteiger partial charge >= 0.3 is 0 Å². The Morgan fingerprint density at radius 2 is 2.11 bits per heavy atom. The second-order valence-corrected chi connectivity index (χ2v) is 7.02. The summed E-state index contributed by atoms with van der Waals surface area (Å²) < 4.78 is 0. The van der Waals surface area contributed by atoms with Crippen LogP contribution in [0.25, 0.3) is 0 Å². The van der Waals surface area contributed by atoms with Gasteiger partial charge in [0.25, 0.3) is 0 Å². The van der Waals surface area contributed by atoms with Crippen LogP contribution in [-0.4, -0.2) is 30.1 Å². The lowest BCUT2D eigenvalue weighted by Crippen LogP contribution is -2.56. The summed E-state index contributed by atoms with van der Waals surface area (Å²) in [6, 6.07) is 5.89. The van der Waals surface area contributed by atoms with Crippen molar-refractivity contribution in [2.24, 2.45) is 5.92 Å². The molecule has 1 N–H and O–H groups in total. The molecule has 1 aliphatic rings. The average Bonchev–Trinajstić information content (AvgIpc) is 2.76. The summed E-state index contributed by atoms with van der Waals surface area (Å²) in [6.45, 7) is 12.6. The fourth-order valence-electron chi connectivity index (χ4n) is 2.74. The van der Waals surface area contributed by atoms with Gasteiger partial charge in [0, 0.05) is 41.5 Å². The van der Waals surface area contributed by atoms with Crippen LogP contribution in [0.2, 0.25) is 0 Å². The minimum atomic E-state index is 0.616. The average molecular weight is 266 g/mol. The standard InChI is InChI=1S/C15H26N2S/c1-5-13-6-7-14(18-13)10-17-9-12(4)16-8-15(17)11(2)3/h6-7,11-12,15-16H,5,8-10H2,1-4H3. The Morgan fingerprint density at radius 1 is 1.39 bits per heavy atom. The topological polar surface area (TPSA) is 15.3 Å². The number of rotatable bonds is 4. The van der Waals surface area contributed by atoms with Gasteiger partial charge in [-0.25, -0.2) is 0 Å². The largest absolute Gasteiger partial charge is 0.311 e. The fraction of sp³-hybridized carbons (Fsp3) is 0.733. The zero-order valence-corrected chi connectivity index (χ0v) is 12.9. The Kier molecular flexibility index (Phi) is 4.82. The normalized spacial score (nSPS) is 25.8. The maximum atomic E-state index is 3.61. The first kappa shape index (κ1) is 14.0. The zero-order chi connectivity index (χ0) is 13.1. The summed E-state index contributed by atoms with van der Waals surface area (Å²) >= 11 is 1.98. The van der Waals surface area contributed by atoms with Crippen molar-refractivity contribution in [3.8, 4) is 0 Å². The van der Waals surface area contributed by atoms with Crippen molar-refractivity contribution in [1.82, 2.24) is 10.2 Å². The van der Waals surface area contributed by atoms with E-state index in [0.29, 0.717) is 12.1 Å². The van der Waals surface area contributed by atoms with Crippen LogP contribution in [0, 0.1) is 5.92 Å². The lowest BCUT2D eigenvalue weighted by atomic mass is 9.99. The SMILES string of the molecule is CCc1ccc(CN2CC(C)NCC2C(C)C)s1. The van der Waals surface area contributed by atoms with Crippen molar-refractivity contribution in [3.05, 3.63) is 21.9 Å². The molecule has 3 heteroatoms. The highest BCUT2D eigenvalue weighted by Gasteiger charge is 2.28. The van der Waals surface area contributed by atoms with Gasteiger partial charge in [-0.2, -0.15) is 0 Å². The minimum absolute atomic E-state index is 0.616. The highest BCUT2D eigenvalue weighted by molar-refractivity contribution is 7.11. The summed E-state index contributed by atoms with van der Waals surface area (Å²) in [5, 5.41) is 3.61. The third kappa shape index (κ3) is 3.34. The van der Waals surface area contributed by atoms with Gasteiger partial charge in [0.1, 0.15) is 0 Å². The van der Waals surface area contributed by atoms with Gasteiger partial charge in [-0.1, -0.05) is 20.8 Å². The zero-order valence-electron chi connectivity index (χ0n) is 12.1. The van der Waals surface area contributed by atoms with Gasteiger partial charge in [-0.3, -0.25) is 4.90 Å². The Hall–Kier alpha value is -0.380. The van der Waals surface area contributed by atoms with E-state index in [2.05, 4.69) is 50.0 Å². The first-order valence-electron chi connectivity index (χ1n) is 7.15. The molecule has 1 aromatic rings. The molecule has 18 heavy (non-hydrogen) atoms. The van der Waals surface area contributed by atoms with E-state index in [1.165, 1.54) is 16.3 Å². The van der Waals surface area contributed by atoms with E-state index in [4.69, 9.17) is 0 Å². The predicted molar refractivity (Wildman–Crippen MR) is 80.2 cm³/mol. The van der Waals surface area contributed by atoms with Crippen LogP contribution >= 0.6 is 11.3 Å². The van der Waals surface area contributed by atoms with Gasteiger partial charge in [0.05, 0.1) is 0 Å². The Morgan fingerprint density at radius 3 is 2.72 bits per heavy atom. The quantitative estimate of drug-likeness (QED) is 0.901. The molecule has 1 aromatic heterocycles. The first-order chi connectivity index (χ1) is 8.60. The van der Waals surface area contributed by atoms with E-state index in [1.54, 1.807) is 0 Å². The van der Waals surface area contributed by atoms with E-state index >= 15 is 0 Å². The number of hydrogen-bond donors (Lipinski definition) is 1. The molecule has 102 valence electrons. The summed E-state index contributed by atoms with van der Waals surface area (Å²) in [4.78, 5) is 5.69. The molecule has 0 bridgehead atoms. The fourth-order valence-corrected chi connectivity index (χ4v) is 3.72. The molecular weight excluding hydrogens is 240 g/mol. The molecule has 1 saturated heterocycles. The lowest BCUT2D eigenvalue weighted by Gasteiger charge is -2.41. The van der Waals surface area contributed by atoms with Gasteiger partial charge in [0.15, 0.2) is 0 Å². The smallest absolute Gasteiger partial charge is 0.0332 e. The number of aryl methyl sites for hydroxylation is 1. The van der Waals surface area contributed by atoms with Crippen molar-refractivity contribution in [1.29, 1.82) is 0 Å². The van der Waals surface area contributed by atoms with E-state index < -0.39 is 0 Å². The monoisotopic (exact) mass is 266 g/mol. The molecule has 0 aromatic carbocycles. The van der Waals surface area contributed by atoms with E-state index in [9.17, 15) is 0 Å². The third-order valence-electron chi connectivity index (χ3n) is 3.85. The second kappa shape index (κ2) is 6.18. The highest BCUT2D eigenvalue weighted by Crippen LogP contribution is 2.23. The van der Waals surface area contributed by atoms with Crippen LogP contribution in [0.15, 0.2) is 12.1 Å². The molecule has 2 nitrogen and oxygen atoms in total. The minimum Gasteiger partial charge on any atom is -0.311 e. The maximum Gasteiger partial charge on any atom is 0.0332 e. The third-order valence-corrected chi connectivity index (χ3v) is 5.06. The van der Waals surface area contributed by atoms with Crippen molar-refractivity contribution in [2.45, 2.75) is 52.7 Å². The van der Waals surface area contributed by atoms with Crippen molar-refractivity contribution in [2.75, 3.05) is 13.1 Å². The molecule has 2 unspecified atom stereocenters. The summed E-state index contributed by atoms with van der Waals surface area (Å²) in [5.41, 5.74) is 0.